The summed E-state index contributed by atoms with van der Waals surface area (Å²) in [5, 5.41) is 20.4. The number of imide groups is 1. The van der Waals surface area contributed by atoms with Crippen LogP contribution in [0.3, 0.4) is 0 Å². The van der Waals surface area contributed by atoms with Gasteiger partial charge in [0.25, 0.3) is 0 Å². The number of methoxy groups -OCH3 is 1. The molecule has 4 aliphatic rings. The van der Waals surface area contributed by atoms with Gasteiger partial charge in [0, 0.05) is 42.8 Å². The number of aromatic hydroxyl groups is 1. The quantitative estimate of drug-likeness (QED) is 0.0946. The maximum atomic E-state index is 15.3. The molecule has 2 amide bonds. The molecule has 0 spiro atoms. The van der Waals surface area contributed by atoms with Crippen LogP contribution in [-0.2, 0) is 24.6 Å². The lowest BCUT2D eigenvalue weighted by Gasteiger charge is -2.55. The van der Waals surface area contributed by atoms with Crippen molar-refractivity contribution in [1.29, 1.82) is 0 Å². The number of carbonyl (C=O) groups excluding carboxylic acids is 4. The van der Waals surface area contributed by atoms with Crippen molar-refractivity contribution < 1.29 is 29.0 Å². The number of azo groups is 1. The Labute approximate surface area is 342 Å². The molecule has 1 N–H and O–H groups in total. The van der Waals surface area contributed by atoms with Crippen LogP contribution in [0.25, 0.3) is 5.57 Å². The van der Waals surface area contributed by atoms with Crippen LogP contribution in [0.4, 0.5) is 22.7 Å². The fourth-order valence-corrected chi connectivity index (χ4v) is 9.97. The number of amides is 2. The first-order valence-corrected chi connectivity index (χ1v) is 19.8. The summed E-state index contributed by atoms with van der Waals surface area (Å²) in [4.78, 5) is 62.9. The summed E-state index contributed by atoms with van der Waals surface area (Å²) in [7, 11) is 5.46. The summed E-state index contributed by atoms with van der Waals surface area (Å²) >= 11 is 0. The van der Waals surface area contributed by atoms with Crippen molar-refractivity contribution >= 4 is 51.7 Å². The number of hydrogen-bond donors (Lipinski definition) is 1. The van der Waals surface area contributed by atoms with E-state index >= 15 is 9.59 Å². The van der Waals surface area contributed by atoms with E-state index in [-0.39, 0.29) is 42.0 Å². The van der Waals surface area contributed by atoms with Gasteiger partial charge < -0.3 is 14.7 Å². The average molecular weight is 783 g/mol. The second-order valence-electron chi connectivity index (χ2n) is 15.9. The van der Waals surface area contributed by atoms with Crippen LogP contribution in [0.15, 0.2) is 155 Å². The molecule has 1 saturated carbocycles. The van der Waals surface area contributed by atoms with Gasteiger partial charge in [-0.3, -0.25) is 24.1 Å². The molecule has 0 aromatic heterocycles. The second-order valence-corrected chi connectivity index (χ2v) is 15.9. The first kappa shape index (κ1) is 37.6. The highest BCUT2D eigenvalue weighted by Crippen LogP contribution is 2.64. The van der Waals surface area contributed by atoms with E-state index in [1.54, 1.807) is 36.4 Å². The van der Waals surface area contributed by atoms with E-state index in [1.165, 1.54) is 24.2 Å². The first-order valence-electron chi connectivity index (χ1n) is 19.8. The van der Waals surface area contributed by atoms with Crippen molar-refractivity contribution in [2.45, 2.75) is 24.2 Å². The number of phenols is 1. The first-order chi connectivity index (χ1) is 28.6. The van der Waals surface area contributed by atoms with Crippen molar-refractivity contribution in [3.05, 3.63) is 162 Å². The molecule has 10 heteroatoms. The average Bonchev–Trinajstić information content (AvgIpc) is 3.53. The van der Waals surface area contributed by atoms with Gasteiger partial charge in [0.15, 0.2) is 11.6 Å². The standard InChI is InChI=1S/C49H42N4O6/c1-52(2)33-18-14-31(15-19-33)50-51-32-16-20-34(21-17-32)53-47(57)37-24-23-36-39(44(37)48(53)58)27-41-46(56)38(29-10-6-4-7-11-29)28-43(55)49(41,30-12-8-5-9-13-30)45(36)40-26-35(59-3)22-25-42(40)54/h4-23,25-26,28,37,39,41,44-45,54H,24,27H2,1-3H3. The van der Waals surface area contributed by atoms with E-state index < -0.39 is 35.0 Å². The zero-order valence-electron chi connectivity index (χ0n) is 32.9. The van der Waals surface area contributed by atoms with Gasteiger partial charge in [-0.1, -0.05) is 72.3 Å². The molecule has 6 unspecified atom stereocenters. The summed E-state index contributed by atoms with van der Waals surface area (Å²) in [6, 6.07) is 37.8. The number of ether oxygens (including phenoxy) is 1. The van der Waals surface area contributed by atoms with Crippen molar-refractivity contribution in [2.75, 3.05) is 31.0 Å². The van der Waals surface area contributed by atoms with Crippen molar-refractivity contribution in [3.63, 3.8) is 0 Å². The lowest BCUT2D eigenvalue weighted by atomic mass is 9.44. The summed E-state index contributed by atoms with van der Waals surface area (Å²) in [6.45, 7) is 0. The van der Waals surface area contributed by atoms with Crippen LogP contribution in [0, 0.1) is 23.7 Å². The molecule has 1 aliphatic heterocycles. The highest BCUT2D eigenvalue weighted by molar-refractivity contribution is 6.32. The molecule has 1 heterocycles. The lowest BCUT2D eigenvalue weighted by Crippen LogP contribution is -2.58. The van der Waals surface area contributed by atoms with Gasteiger partial charge >= 0.3 is 0 Å². The number of allylic oxidation sites excluding steroid dienone is 4. The van der Waals surface area contributed by atoms with Gasteiger partial charge in [-0.05, 0) is 103 Å². The molecule has 10 nitrogen and oxygen atoms in total. The zero-order chi connectivity index (χ0) is 41.0. The molecule has 0 radical (unpaired) electrons. The Hall–Kier alpha value is -6.94. The number of phenolic OH excluding ortho intramolecular Hbond substituents is 1. The third-order valence-corrected chi connectivity index (χ3v) is 12.7. The third-order valence-electron chi connectivity index (χ3n) is 12.7. The molecular weight excluding hydrogens is 741 g/mol. The Bertz CT molecular complexity index is 2580. The number of nitrogens with zero attached hydrogens (tertiary/aromatic N) is 4. The van der Waals surface area contributed by atoms with Crippen molar-refractivity contribution in [1.82, 2.24) is 0 Å². The monoisotopic (exact) mass is 782 g/mol. The second kappa shape index (κ2) is 14.8. The third kappa shape index (κ3) is 6.09. The fraction of sp³-hybridized carbons (Fsp3) is 0.224. The van der Waals surface area contributed by atoms with Crippen LogP contribution in [0.5, 0.6) is 11.5 Å². The van der Waals surface area contributed by atoms with Crippen molar-refractivity contribution in [3.8, 4) is 11.5 Å². The largest absolute Gasteiger partial charge is 0.508 e. The highest BCUT2D eigenvalue weighted by atomic mass is 16.5. The number of anilines is 2. The maximum absolute atomic E-state index is 15.3. The van der Waals surface area contributed by atoms with Gasteiger partial charge in [0.1, 0.15) is 11.5 Å². The van der Waals surface area contributed by atoms with Crippen LogP contribution in [0.2, 0.25) is 0 Å². The fourth-order valence-electron chi connectivity index (χ4n) is 9.97. The Kier molecular flexibility index (Phi) is 9.42. The van der Waals surface area contributed by atoms with E-state index in [0.29, 0.717) is 45.1 Å². The molecular formula is C49H42N4O6. The number of benzene rings is 5. The molecule has 1 saturated heterocycles. The Morgan fingerprint density at radius 3 is 2.05 bits per heavy atom. The lowest BCUT2D eigenvalue weighted by molar-refractivity contribution is -0.135. The molecule has 5 aromatic rings. The Morgan fingerprint density at radius 1 is 0.763 bits per heavy atom. The van der Waals surface area contributed by atoms with Gasteiger partial charge in [-0.25, -0.2) is 0 Å². The number of Topliss-reactive ketones (excluding diaryl/α,β-unsaturated/α-hetero) is 1. The van der Waals surface area contributed by atoms with Gasteiger partial charge in [0.2, 0.25) is 11.8 Å². The summed E-state index contributed by atoms with van der Waals surface area (Å²) in [5.41, 5.74) is 3.96. The predicted molar refractivity (Wildman–Crippen MR) is 225 cm³/mol. The Morgan fingerprint density at radius 2 is 1.41 bits per heavy atom. The smallest absolute Gasteiger partial charge is 0.238 e. The van der Waals surface area contributed by atoms with Crippen LogP contribution >= 0.6 is 0 Å². The number of ketones is 2. The number of carbonyl (C=O) groups is 4. The summed E-state index contributed by atoms with van der Waals surface area (Å²) < 4.78 is 5.64. The van der Waals surface area contributed by atoms with E-state index in [2.05, 4.69) is 10.2 Å². The van der Waals surface area contributed by atoms with Crippen LogP contribution < -0.4 is 14.5 Å². The van der Waals surface area contributed by atoms with Crippen molar-refractivity contribution in [2.24, 2.45) is 33.9 Å². The van der Waals surface area contributed by atoms with E-state index in [0.717, 1.165) is 11.3 Å². The normalized spacial score (nSPS) is 24.9. The van der Waals surface area contributed by atoms with E-state index in [4.69, 9.17) is 4.74 Å². The van der Waals surface area contributed by atoms with Gasteiger partial charge in [-0.2, -0.15) is 10.2 Å². The zero-order valence-corrected chi connectivity index (χ0v) is 32.9. The summed E-state index contributed by atoms with van der Waals surface area (Å²) in [5.74, 6) is -4.64. The van der Waals surface area contributed by atoms with Gasteiger partial charge in [-0.15, -0.1) is 0 Å². The minimum absolute atomic E-state index is 0.0649. The molecule has 5 aromatic carbocycles. The molecule has 0 bridgehead atoms. The molecule has 2 fully saturated rings. The number of hydrogen-bond acceptors (Lipinski definition) is 9. The topological polar surface area (TPSA) is 129 Å². The molecule has 3 aliphatic carbocycles. The van der Waals surface area contributed by atoms with E-state index in [9.17, 15) is 14.7 Å². The molecule has 294 valence electrons. The van der Waals surface area contributed by atoms with Gasteiger partial charge in [0.05, 0.1) is 41.4 Å². The minimum Gasteiger partial charge on any atom is -0.508 e. The Balaban J connectivity index is 1.13. The van der Waals surface area contributed by atoms with Crippen LogP contribution in [0.1, 0.15) is 35.4 Å². The summed E-state index contributed by atoms with van der Waals surface area (Å²) in [6.07, 6.45) is 3.85. The molecule has 59 heavy (non-hydrogen) atoms. The van der Waals surface area contributed by atoms with E-state index in [1.807, 2.05) is 110 Å². The predicted octanol–water partition coefficient (Wildman–Crippen LogP) is 8.91. The minimum atomic E-state index is -1.47. The SMILES string of the molecule is COc1ccc(O)c(C2C3=CCC4C(=O)N(c5ccc(N=Nc6ccc(N(C)C)cc6)cc5)C(=O)C4C3CC3C(=O)C(c4ccccc4)=CC(=O)C32c2ccccc2)c1. The molecule has 9 rings (SSSR count). The molecule has 6 atom stereocenters. The van der Waals surface area contributed by atoms with Crippen LogP contribution in [-0.4, -0.2) is 49.7 Å². The number of fused-ring (bicyclic) bond motifs is 4. The number of rotatable bonds is 8. The maximum Gasteiger partial charge on any atom is 0.238 e. The highest BCUT2D eigenvalue weighted by Gasteiger charge is 2.66.